The molecule has 1 aliphatic heterocycles. The zero-order chi connectivity index (χ0) is 30.6. The molecule has 3 rings (SSSR count). The summed E-state index contributed by atoms with van der Waals surface area (Å²) in [6, 6.07) is 14.5. The molecule has 2 aromatic rings. The summed E-state index contributed by atoms with van der Waals surface area (Å²) in [4.78, 5) is 39.8. The van der Waals surface area contributed by atoms with E-state index < -0.39 is 17.7 Å². The van der Waals surface area contributed by atoms with Gasteiger partial charge in [0.1, 0.15) is 5.76 Å². The van der Waals surface area contributed by atoms with Gasteiger partial charge in [-0.05, 0) is 70.6 Å². The van der Waals surface area contributed by atoms with Gasteiger partial charge in [0.2, 0.25) is 0 Å². The lowest BCUT2D eigenvalue weighted by Crippen LogP contribution is -2.12. The lowest BCUT2D eigenvalue weighted by molar-refractivity contribution is -0.145. The quantitative estimate of drug-likeness (QED) is 0.111. The van der Waals surface area contributed by atoms with Gasteiger partial charge >= 0.3 is 5.97 Å². The number of carbonyl (C=O) groups excluding carboxylic acids is 3. The van der Waals surface area contributed by atoms with Crippen molar-refractivity contribution in [3.63, 3.8) is 0 Å². The number of esters is 1. The van der Waals surface area contributed by atoms with Crippen molar-refractivity contribution < 1.29 is 19.1 Å². The lowest BCUT2D eigenvalue weighted by Gasteiger charge is -2.21. The Morgan fingerprint density at radius 1 is 0.810 bits per heavy atom. The SMILES string of the molecule is CCSC(SCC)=C1C(=O)C(=O)O/C1=C\C(C(C(=O)/C=C/c1ccc(Cl)cc1)=C(SCC)SCC)c1ccc(Cl)cc1. The van der Waals surface area contributed by atoms with E-state index in [2.05, 4.69) is 0 Å². The highest BCUT2D eigenvalue weighted by Gasteiger charge is 2.38. The van der Waals surface area contributed by atoms with Crippen LogP contribution >= 0.6 is 70.2 Å². The number of rotatable bonds is 14. The van der Waals surface area contributed by atoms with Crippen molar-refractivity contribution in [3.05, 3.63) is 107 Å². The van der Waals surface area contributed by atoms with Gasteiger partial charge in [0.05, 0.1) is 9.81 Å². The van der Waals surface area contributed by atoms with Crippen LogP contribution in [0.3, 0.4) is 0 Å². The van der Waals surface area contributed by atoms with E-state index in [0.29, 0.717) is 15.6 Å². The molecule has 1 fully saturated rings. The summed E-state index contributed by atoms with van der Waals surface area (Å²) in [7, 11) is 0. The van der Waals surface area contributed by atoms with Gasteiger partial charge in [0.15, 0.2) is 5.78 Å². The van der Waals surface area contributed by atoms with Gasteiger partial charge in [0.25, 0.3) is 5.78 Å². The van der Waals surface area contributed by atoms with Crippen LogP contribution in [0.5, 0.6) is 0 Å². The normalized spacial score (nSPS) is 14.9. The molecule has 1 unspecified atom stereocenters. The second kappa shape index (κ2) is 17.5. The summed E-state index contributed by atoms with van der Waals surface area (Å²) in [5.74, 6) is 0.749. The van der Waals surface area contributed by atoms with Crippen LogP contribution in [0.4, 0.5) is 0 Å². The smallest absolute Gasteiger partial charge is 0.385 e. The van der Waals surface area contributed by atoms with Crippen LogP contribution in [-0.4, -0.2) is 40.5 Å². The number of carbonyl (C=O) groups is 3. The third-order valence-electron chi connectivity index (χ3n) is 5.81. The molecule has 4 nitrogen and oxygen atoms in total. The highest BCUT2D eigenvalue weighted by molar-refractivity contribution is 8.22. The van der Waals surface area contributed by atoms with Crippen molar-refractivity contribution >= 4 is 93.9 Å². The maximum absolute atomic E-state index is 14.1. The van der Waals surface area contributed by atoms with Crippen LogP contribution in [0, 0.1) is 0 Å². The molecule has 0 aromatic heterocycles. The van der Waals surface area contributed by atoms with Crippen molar-refractivity contribution in [1.82, 2.24) is 0 Å². The molecule has 2 aromatic carbocycles. The molecule has 1 atom stereocenters. The van der Waals surface area contributed by atoms with Crippen LogP contribution in [0.25, 0.3) is 6.08 Å². The van der Waals surface area contributed by atoms with Crippen molar-refractivity contribution in [2.45, 2.75) is 33.6 Å². The highest BCUT2D eigenvalue weighted by Crippen LogP contribution is 2.43. The maximum atomic E-state index is 14.1. The Labute approximate surface area is 275 Å². The summed E-state index contributed by atoms with van der Waals surface area (Å²) >= 11 is 18.5. The molecule has 0 spiro atoms. The molecule has 0 bridgehead atoms. The van der Waals surface area contributed by atoms with Crippen LogP contribution < -0.4 is 0 Å². The van der Waals surface area contributed by atoms with Crippen LogP contribution in [0.15, 0.2) is 86.1 Å². The summed E-state index contributed by atoms with van der Waals surface area (Å²) in [5.41, 5.74) is 2.41. The minimum absolute atomic E-state index is 0.177. The molecule has 42 heavy (non-hydrogen) atoms. The molecular weight excluding hydrogens is 648 g/mol. The first-order chi connectivity index (χ1) is 20.2. The van der Waals surface area contributed by atoms with Crippen molar-refractivity contribution in [2.24, 2.45) is 0 Å². The number of hydrogen-bond acceptors (Lipinski definition) is 8. The van der Waals surface area contributed by atoms with Gasteiger partial charge in [-0.25, -0.2) is 4.79 Å². The molecule has 0 saturated carbocycles. The Morgan fingerprint density at radius 3 is 1.86 bits per heavy atom. The number of halogens is 2. The largest absolute Gasteiger partial charge is 0.420 e. The Hall–Kier alpha value is -1.81. The van der Waals surface area contributed by atoms with Crippen LogP contribution in [0.1, 0.15) is 44.7 Å². The molecule has 1 heterocycles. The van der Waals surface area contributed by atoms with E-state index in [-0.39, 0.29) is 17.1 Å². The second-order valence-electron chi connectivity index (χ2n) is 8.62. The Morgan fingerprint density at radius 2 is 1.33 bits per heavy atom. The molecule has 0 aliphatic carbocycles. The zero-order valence-corrected chi connectivity index (χ0v) is 28.6. The van der Waals surface area contributed by atoms with E-state index in [1.54, 1.807) is 66.0 Å². The van der Waals surface area contributed by atoms with Gasteiger partial charge in [-0.3, -0.25) is 9.59 Å². The Balaban J connectivity index is 2.29. The summed E-state index contributed by atoms with van der Waals surface area (Å²) in [6.07, 6.45) is 5.05. The molecule has 0 radical (unpaired) electrons. The van der Waals surface area contributed by atoms with Gasteiger partial charge in [-0.15, -0.1) is 47.0 Å². The van der Waals surface area contributed by atoms with Gasteiger partial charge in [0, 0.05) is 25.8 Å². The Bertz CT molecular complexity index is 1390. The minimum atomic E-state index is -0.914. The fraction of sp³-hybridized carbons (Fsp3) is 0.281. The summed E-state index contributed by atoms with van der Waals surface area (Å²) in [6.45, 7) is 8.06. The maximum Gasteiger partial charge on any atom is 0.385 e. The van der Waals surface area contributed by atoms with Crippen molar-refractivity contribution in [3.8, 4) is 0 Å². The van der Waals surface area contributed by atoms with E-state index in [9.17, 15) is 14.4 Å². The van der Waals surface area contributed by atoms with E-state index in [1.807, 2.05) is 52.0 Å². The van der Waals surface area contributed by atoms with E-state index in [4.69, 9.17) is 27.9 Å². The molecule has 10 heteroatoms. The van der Waals surface area contributed by atoms with E-state index in [0.717, 1.165) is 42.6 Å². The first kappa shape index (κ1) is 34.7. The monoisotopic (exact) mass is 678 g/mol. The molecule has 0 N–H and O–H groups in total. The molecule has 0 amide bonds. The predicted octanol–water partition coefficient (Wildman–Crippen LogP) is 9.80. The molecule has 222 valence electrons. The highest BCUT2D eigenvalue weighted by atomic mass is 35.5. The Kier molecular flexibility index (Phi) is 14.4. The van der Waals surface area contributed by atoms with Gasteiger partial charge in [-0.1, -0.05) is 81.2 Å². The number of Topliss-reactive ketones (excluding diaryl/α,β-unsaturated/α-hetero) is 1. The zero-order valence-electron chi connectivity index (χ0n) is 23.8. The van der Waals surface area contributed by atoms with Gasteiger partial charge in [-0.2, -0.15) is 0 Å². The predicted molar refractivity (Wildman–Crippen MR) is 185 cm³/mol. The summed E-state index contributed by atoms with van der Waals surface area (Å²) < 4.78 is 7.20. The second-order valence-corrected chi connectivity index (χ2v) is 15.1. The average molecular weight is 680 g/mol. The minimum Gasteiger partial charge on any atom is -0.420 e. The number of hydrogen-bond donors (Lipinski definition) is 0. The number of ether oxygens (including phenoxy) is 1. The third kappa shape index (κ3) is 9.34. The molecule has 1 aliphatic rings. The average Bonchev–Trinajstić information content (AvgIpc) is 3.25. The summed E-state index contributed by atoms with van der Waals surface area (Å²) in [5, 5.41) is 1.17. The first-order valence-electron chi connectivity index (χ1n) is 13.5. The standard InChI is InChI=1S/C32H32Cl2O4S4/c1-5-39-31(40-6-2)27(25(35)18-11-20-9-14-22(33)15-10-20)24(21-12-16-23(34)17-13-21)19-26-28(29(36)30(37)38-26)32(41-7-3)42-8-4/h9-19,24H,5-8H2,1-4H3/b18-11+,26-19-. The fourth-order valence-electron chi connectivity index (χ4n) is 4.01. The van der Waals surface area contributed by atoms with E-state index >= 15 is 0 Å². The van der Waals surface area contributed by atoms with Crippen molar-refractivity contribution in [2.75, 3.05) is 23.0 Å². The first-order valence-corrected chi connectivity index (χ1v) is 18.1. The number of benzene rings is 2. The number of ketones is 2. The number of cyclic esters (lactones) is 1. The molecular formula is C32H32Cl2O4S4. The molecule has 1 saturated heterocycles. The number of thioether (sulfide) groups is 4. The lowest BCUT2D eigenvalue weighted by atomic mass is 9.88. The number of allylic oxidation sites excluding steroid dienone is 4. The van der Waals surface area contributed by atoms with Crippen molar-refractivity contribution in [1.29, 1.82) is 0 Å². The third-order valence-corrected chi connectivity index (χ3v) is 10.8. The van der Waals surface area contributed by atoms with Crippen LogP contribution in [-0.2, 0) is 19.1 Å². The van der Waals surface area contributed by atoms with Crippen LogP contribution in [0.2, 0.25) is 10.0 Å². The van der Waals surface area contributed by atoms with Gasteiger partial charge < -0.3 is 4.74 Å². The fourth-order valence-corrected chi connectivity index (χ4v) is 8.84. The van der Waals surface area contributed by atoms with E-state index in [1.165, 1.54) is 23.5 Å². The topological polar surface area (TPSA) is 60.4 Å².